The summed E-state index contributed by atoms with van der Waals surface area (Å²) in [6.07, 6.45) is 8.19. The lowest BCUT2D eigenvalue weighted by atomic mass is 9.95. The summed E-state index contributed by atoms with van der Waals surface area (Å²) < 4.78 is 0. The van der Waals surface area contributed by atoms with Crippen molar-refractivity contribution in [1.82, 2.24) is 5.32 Å². The van der Waals surface area contributed by atoms with Crippen molar-refractivity contribution in [3.05, 3.63) is 12.7 Å². The van der Waals surface area contributed by atoms with Crippen molar-refractivity contribution in [2.45, 2.75) is 37.0 Å². The second kappa shape index (κ2) is 5.32. The molecule has 74 valence electrons. The van der Waals surface area contributed by atoms with Crippen molar-refractivity contribution in [3.63, 3.8) is 0 Å². The van der Waals surface area contributed by atoms with E-state index in [0.29, 0.717) is 6.04 Å². The van der Waals surface area contributed by atoms with Crippen molar-refractivity contribution in [2.75, 3.05) is 6.26 Å². The Morgan fingerprint density at radius 1 is 1.46 bits per heavy atom. The molecule has 1 saturated carbocycles. The lowest BCUT2D eigenvalue weighted by Gasteiger charge is -2.27. The quantitative estimate of drug-likeness (QED) is 0.704. The highest BCUT2D eigenvalue weighted by atomic mass is 32.2. The molecule has 0 heterocycles. The summed E-state index contributed by atoms with van der Waals surface area (Å²) in [5.41, 5.74) is 0. The van der Waals surface area contributed by atoms with Crippen LogP contribution < -0.4 is 5.32 Å². The lowest BCUT2D eigenvalue weighted by Crippen LogP contribution is -2.37. The van der Waals surface area contributed by atoms with Crippen LogP contribution in [0.3, 0.4) is 0 Å². The first-order valence-corrected chi connectivity index (χ1v) is 6.00. The Kier molecular flexibility index (Phi) is 4.36. The maximum atomic E-state index is 11.0. The van der Waals surface area contributed by atoms with E-state index in [2.05, 4.69) is 18.2 Å². The molecule has 2 nitrogen and oxygen atoms in total. The molecule has 1 rings (SSSR count). The maximum absolute atomic E-state index is 11.0. The molecule has 3 heteroatoms. The van der Waals surface area contributed by atoms with E-state index in [4.69, 9.17) is 0 Å². The molecule has 1 N–H and O–H groups in total. The van der Waals surface area contributed by atoms with Crippen LogP contribution in [0.5, 0.6) is 0 Å². The average Bonchev–Trinajstić information content (AvgIpc) is 2.19. The predicted octanol–water partition coefficient (Wildman–Crippen LogP) is 1.96. The highest BCUT2D eigenvalue weighted by molar-refractivity contribution is 7.99. The molecule has 1 aliphatic rings. The molecule has 0 radical (unpaired) electrons. The topological polar surface area (TPSA) is 29.1 Å². The van der Waals surface area contributed by atoms with E-state index in [1.165, 1.54) is 18.9 Å². The Balaban J connectivity index is 2.24. The summed E-state index contributed by atoms with van der Waals surface area (Å²) in [4.78, 5) is 11.0. The molecule has 0 aliphatic heterocycles. The number of nitrogens with one attached hydrogen (secondary N) is 1. The number of hydrogen-bond donors (Lipinski definition) is 1. The number of rotatable bonds is 3. The number of carbonyl (C=O) groups excluding carboxylic acids is 1. The summed E-state index contributed by atoms with van der Waals surface area (Å²) in [6, 6.07) is 0.383. The van der Waals surface area contributed by atoms with Crippen molar-refractivity contribution < 1.29 is 4.79 Å². The Labute approximate surface area is 84.2 Å². The molecule has 13 heavy (non-hydrogen) atoms. The average molecular weight is 199 g/mol. The largest absolute Gasteiger partial charge is 0.350 e. The minimum Gasteiger partial charge on any atom is -0.350 e. The first kappa shape index (κ1) is 10.6. The zero-order chi connectivity index (χ0) is 9.68. The van der Waals surface area contributed by atoms with Gasteiger partial charge >= 0.3 is 0 Å². The van der Waals surface area contributed by atoms with Crippen molar-refractivity contribution in [2.24, 2.45) is 0 Å². The monoisotopic (exact) mass is 199 g/mol. The SMILES string of the molecule is C=CC(=O)NC1CCC(SC)CC1. The third-order valence-electron chi connectivity index (χ3n) is 2.54. The Morgan fingerprint density at radius 2 is 2.08 bits per heavy atom. The number of hydrogen-bond acceptors (Lipinski definition) is 2. The fourth-order valence-corrected chi connectivity index (χ4v) is 2.45. The van der Waals surface area contributed by atoms with Gasteiger partial charge in [-0.25, -0.2) is 0 Å². The molecule has 1 fully saturated rings. The predicted molar refractivity (Wildman–Crippen MR) is 57.9 cm³/mol. The van der Waals surface area contributed by atoms with Gasteiger partial charge in [0, 0.05) is 11.3 Å². The zero-order valence-corrected chi connectivity index (χ0v) is 8.90. The van der Waals surface area contributed by atoms with Crippen LogP contribution in [-0.4, -0.2) is 23.5 Å². The van der Waals surface area contributed by atoms with Crippen LogP contribution in [0.2, 0.25) is 0 Å². The highest BCUT2D eigenvalue weighted by Gasteiger charge is 2.20. The molecule has 0 atom stereocenters. The molecule has 0 aromatic heterocycles. The van der Waals surface area contributed by atoms with Crippen LogP contribution in [0.25, 0.3) is 0 Å². The standard InChI is InChI=1S/C10H17NOS/c1-3-10(12)11-8-4-6-9(13-2)7-5-8/h3,8-9H,1,4-7H2,2H3,(H,11,12). The van der Waals surface area contributed by atoms with E-state index in [0.717, 1.165) is 18.1 Å². The van der Waals surface area contributed by atoms with Gasteiger partial charge in [-0.05, 0) is 38.0 Å². The summed E-state index contributed by atoms with van der Waals surface area (Å²) >= 11 is 1.94. The molecule has 0 aromatic rings. The normalized spacial score (nSPS) is 28.1. The molecule has 0 bridgehead atoms. The van der Waals surface area contributed by atoms with Crippen LogP contribution in [0, 0.1) is 0 Å². The van der Waals surface area contributed by atoms with E-state index in [-0.39, 0.29) is 5.91 Å². The first-order chi connectivity index (χ1) is 6.26. The van der Waals surface area contributed by atoms with Gasteiger partial charge in [0.25, 0.3) is 0 Å². The smallest absolute Gasteiger partial charge is 0.243 e. The van der Waals surface area contributed by atoms with Gasteiger partial charge in [-0.3, -0.25) is 4.79 Å². The van der Waals surface area contributed by atoms with Gasteiger partial charge in [0.1, 0.15) is 0 Å². The van der Waals surface area contributed by atoms with Gasteiger partial charge in [-0.1, -0.05) is 6.58 Å². The Bertz CT molecular complexity index is 185. The maximum Gasteiger partial charge on any atom is 0.243 e. The van der Waals surface area contributed by atoms with Gasteiger partial charge in [0.15, 0.2) is 0 Å². The van der Waals surface area contributed by atoms with E-state index in [9.17, 15) is 4.79 Å². The Morgan fingerprint density at radius 3 is 2.54 bits per heavy atom. The summed E-state index contributed by atoms with van der Waals surface area (Å²) in [5, 5.41) is 3.75. The molecule has 0 aromatic carbocycles. The third-order valence-corrected chi connectivity index (χ3v) is 3.68. The molecule has 1 amide bonds. The first-order valence-electron chi connectivity index (χ1n) is 4.72. The molecule has 0 unspecified atom stereocenters. The number of carbonyl (C=O) groups is 1. The van der Waals surface area contributed by atoms with Gasteiger partial charge in [-0.15, -0.1) is 0 Å². The van der Waals surface area contributed by atoms with Gasteiger partial charge < -0.3 is 5.32 Å². The molecule has 0 spiro atoms. The Hall–Kier alpha value is -0.440. The van der Waals surface area contributed by atoms with Crippen LogP contribution in [0.15, 0.2) is 12.7 Å². The fraction of sp³-hybridized carbons (Fsp3) is 0.700. The minimum absolute atomic E-state index is 0.0346. The number of amides is 1. The second-order valence-electron chi connectivity index (χ2n) is 3.42. The van der Waals surface area contributed by atoms with Crippen molar-refractivity contribution in [3.8, 4) is 0 Å². The zero-order valence-electron chi connectivity index (χ0n) is 8.08. The third kappa shape index (κ3) is 3.43. The van der Waals surface area contributed by atoms with Crippen LogP contribution in [0.1, 0.15) is 25.7 Å². The summed E-state index contributed by atoms with van der Waals surface area (Å²) in [5.74, 6) is -0.0346. The molecule has 0 saturated heterocycles. The fourth-order valence-electron chi connectivity index (χ4n) is 1.70. The van der Waals surface area contributed by atoms with Crippen LogP contribution in [-0.2, 0) is 4.79 Å². The van der Waals surface area contributed by atoms with Gasteiger partial charge in [0.2, 0.25) is 5.91 Å². The van der Waals surface area contributed by atoms with Crippen LogP contribution >= 0.6 is 11.8 Å². The lowest BCUT2D eigenvalue weighted by molar-refractivity contribution is -0.117. The number of thioether (sulfide) groups is 1. The second-order valence-corrected chi connectivity index (χ2v) is 4.56. The van der Waals surface area contributed by atoms with Crippen molar-refractivity contribution >= 4 is 17.7 Å². The van der Waals surface area contributed by atoms with E-state index in [1.54, 1.807) is 0 Å². The van der Waals surface area contributed by atoms with Gasteiger partial charge in [0.05, 0.1) is 0 Å². The van der Waals surface area contributed by atoms with Crippen molar-refractivity contribution in [1.29, 1.82) is 0 Å². The van der Waals surface area contributed by atoms with E-state index >= 15 is 0 Å². The van der Waals surface area contributed by atoms with E-state index in [1.807, 2.05) is 11.8 Å². The molecular weight excluding hydrogens is 182 g/mol. The van der Waals surface area contributed by atoms with Crippen LogP contribution in [0.4, 0.5) is 0 Å². The van der Waals surface area contributed by atoms with E-state index < -0.39 is 0 Å². The molecule has 1 aliphatic carbocycles. The highest BCUT2D eigenvalue weighted by Crippen LogP contribution is 2.26. The molecular formula is C10H17NOS. The minimum atomic E-state index is -0.0346. The summed E-state index contributed by atoms with van der Waals surface area (Å²) in [6.45, 7) is 3.44. The van der Waals surface area contributed by atoms with Gasteiger partial charge in [-0.2, -0.15) is 11.8 Å². The summed E-state index contributed by atoms with van der Waals surface area (Å²) in [7, 11) is 0.